The number of benzene rings is 2. The zero-order chi connectivity index (χ0) is 25.9. The van der Waals surface area contributed by atoms with Gasteiger partial charge in [0.25, 0.3) is 0 Å². The van der Waals surface area contributed by atoms with Crippen molar-refractivity contribution in [3.8, 4) is 11.5 Å². The summed E-state index contributed by atoms with van der Waals surface area (Å²) in [6.45, 7) is 6.72. The van der Waals surface area contributed by atoms with Crippen molar-refractivity contribution in [1.29, 1.82) is 0 Å². The maximum absolute atomic E-state index is 11.7. The van der Waals surface area contributed by atoms with Crippen molar-refractivity contribution >= 4 is 0 Å². The lowest BCUT2D eigenvalue weighted by atomic mass is 9.68. The van der Waals surface area contributed by atoms with E-state index in [1.807, 2.05) is 12.1 Å². The molecule has 0 saturated heterocycles. The molecule has 2 aromatic carbocycles. The third-order valence-electron chi connectivity index (χ3n) is 9.35. The third-order valence-corrected chi connectivity index (χ3v) is 9.35. The molecule has 4 nitrogen and oxygen atoms in total. The van der Waals surface area contributed by atoms with E-state index in [1.54, 1.807) is 0 Å². The van der Waals surface area contributed by atoms with Crippen LogP contribution in [0.3, 0.4) is 0 Å². The number of hydrogen-bond donors (Lipinski definition) is 4. The van der Waals surface area contributed by atoms with Crippen LogP contribution in [-0.4, -0.2) is 33.6 Å². The Morgan fingerprint density at radius 3 is 1.33 bits per heavy atom. The van der Waals surface area contributed by atoms with Gasteiger partial charge in [-0.25, -0.2) is 0 Å². The first-order valence-electron chi connectivity index (χ1n) is 14.2. The first-order chi connectivity index (χ1) is 17.2. The predicted molar refractivity (Wildman–Crippen MR) is 146 cm³/mol. The summed E-state index contributed by atoms with van der Waals surface area (Å²) >= 11 is 0. The van der Waals surface area contributed by atoms with Gasteiger partial charge in [0, 0.05) is 41.4 Å². The van der Waals surface area contributed by atoms with Crippen LogP contribution in [0.25, 0.3) is 0 Å². The highest BCUT2D eigenvalue weighted by Gasteiger charge is 2.35. The minimum absolute atomic E-state index is 0.0640. The zero-order valence-electron chi connectivity index (χ0n) is 22.6. The van der Waals surface area contributed by atoms with Gasteiger partial charge in [0.1, 0.15) is 11.5 Å². The molecule has 2 saturated carbocycles. The molecule has 4 N–H and O–H groups in total. The number of hydrogen-bond acceptors (Lipinski definition) is 4. The van der Waals surface area contributed by atoms with E-state index in [2.05, 4.69) is 32.9 Å². The van der Waals surface area contributed by atoms with Gasteiger partial charge in [-0.15, -0.1) is 0 Å². The van der Waals surface area contributed by atoms with Crippen molar-refractivity contribution in [2.45, 2.75) is 115 Å². The molecule has 2 fully saturated rings. The summed E-state index contributed by atoms with van der Waals surface area (Å²) in [4.78, 5) is 0. The first kappa shape index (κ1) is 27.0. The highest BCUT2D eigenvalue weighted by Crippen LogP contribution is 2.49. The largest absolute Gasteiger partial charge is 0.507 e. The van der Waals surface area contributed by atoms with Gasteiger partial charge < -0.3 is 20.4 Å². The highest BCUT2D eigenvalue weighted by molar-refractivity contribution is 5.56. The minimum atomic E-state index is -0.223. The molecule has 2 aliphatic carbocycles. The number of aliphatic hydroxyl groups is 2. The van der Waals surface area contributed by atoms with Crippen LogP contribution in [0.15, 0.2) is 24.3 Å². The van der Waals surface area contributed by atoms with E-state index >= 15 is 0 Å². The second-order valence-corrected chi connectivity index (χ2v) is 12.1. The Morgan fingerprint density at radius 2 is 1.00 bits per heavy atom. The fraction of sp³-hybridized carbons (Fsp3) is 0.625. The van der Waals surface area contributed by atoms with E-state index in [0.29, 0.717) is 24.3 Å². The third kappa shape index (κ3) is 5.31. The van der Waals surface area contributed by atoms with Gasteiger partial charge in [0.05, 0.1) is 0 Å². The van der Waals surface area contributed by atoms with Crippen molar-refractivity contribution in [3.63, 3.8) is 0 Å². The molecule has 2 aromatic rings. The molecule has 0 aromatic heterocycles. The van der Waals surface area contributed by atoms with Gasteiger partial charge in [-0.1, -0.05) is 83.6 Å². The summed E-state index contributed by atoms with van der Waals surface area (Å²) in [7, 11) is 0. The molecule has 0 unspecified atom stereocenters. The van der Waals surface area contributed by atoms with Crippen LogP contribution in [0, 0.1) is 0 Å². The monoisotopic (exact) mass is 494 g/mol. The Bertz CT molecular complexity index is 961. The lowest BCUT2D eigenvalue weighted by Gasteiger charge is -2.37. The molecule has 0 amide bonds. The molecular formula is C32H46O4. The van der Waals surface area contributed by atoms with E-state index < -0.39 is 0 Å². The van der Waals surface area contributed by atoms with Crippen molar-refractivity contribution < 1.29 is 20.4 Å². The van der Waals surface area contributed by atoms with Gasteiger partial charge >= 0.3 is 0 Å². The molecule has 198 valence electrons. The number of phenols is 2. The summed E-state index contributed by atoms with van der Waals surface area (Å²) in [5.41, 5.74) is 5.51. The Morgan fingerprint density at radius 1 is 0.639 bits per heavy atom. The van der Waals surface area contributed by atoms with E-state index in [4.69, 9.17) is 0 Å². The molecule has 4 rings (SSSR count). The quantitative estimate of drug-likeness (QED) is 0.327. The van der Waals surface area contributed by atoms with Gasteiger partial charge in [-0.3, -0.25) is 0 Å². The van der Waals surface area contributed by atoms with E-state index in [1.165, 1.54) is 12.8 Å². The predicted octanol–water partition coefficient (Wildman–Crippen LogP) is 6.76. The SMILES string of the molecule is CC(c1cc(CCO)cc(C2(C)CCCCC2)c1O)c1cc(CCO)cc(C2(C)CCCCC2)c1O. The molecule has 0 atom stereocenters. The lowest BCUT2D eigenvalue weighted by molar-refractivity contribution is 0.296. The summed E-state index contributed by atoms with van der Waals surface area (Å²) < 4.78 is 0. The standard InChI is InChI=1S/C32H46O4/c1-22(25-18-23(10-16-33)20-27(29(25)35)31(2)12-6-4-7-13-31)26-19-24(11-17-34)21-28(30(26)36)32(3)14-8-5-9-15-32/h18-22,33-36H,4-17H2,1-3H3. The number of aromatic hydroxyl groups is 2. The second kappa shape index (κ2) is 11.1. The molecule has 0 aliphatic heterocycles. The molecule has 4 heteroatoms. The van der Waals surface area contributed by atoms with Crippen molar-refractivity contribution in [1.82, 2.24) is 0 Å². The summed E-state index contributed by atoms with van der Waals surface area (Å²) in [5.74, 6) is 0.455. The lowest BCUT2D eigenvalue weighted by Crippen LogP contribution is -2.26. The molecule has 0 radical (unpaired) electrons. The topological polar surface area (TPSA) is 80.9 Å². The van der Waals surface area contributed by atoms with Crippen molar-refractivity contribution in [3.05, 3.63) is 57.6 Å². The molecule has 2 aliphatic rings. The van der Waals surface area contributed by atoms with Crippen LogP contribution in [-0.2, 0) is 23.7 Å². The van der Waals surface area contributed by atoms with E-state index in [-0.39, 0.29) is 30.0 Å². The number of phenolic OH excluding ortho intramolecular Hbond substituents is 2. The summed E-state index contributed by atoms with van der Waals surface area (Å²) in [6.07, 6.45) is 12.4. The molecule has 0 bridgehead atoms. The Labute approximate surface area is 217 Å². The number of rotatable bonds is 8. The highest BCUT2D eigenvalue weighted by atomic mass is 16.3. The van der Waals surface area contributed by atoms with Crippen LogP contribution in [0.2, 0.25) is 0 Å². The Balaban J connectivity index is 1.85. The van der Waals surface area contributed by atoms with Gasteiger partial charge in [-0.05, 0) is 60.5 Å². The fourth-order valence-corrected chi connectivity index (χ4v) is 6.94. The Kier molecular flexibility index (Phi) is 8.36. The smallest absolute Gasteiger partial charge is 0.123 e. The zero-order valence-corrected chi connectivity index (χ0v) is 22.6. The van der Waals surface area contributed by atoms with Gasteiger partial charge in [-0.2, -0.15) is 0 Å². The van der Waals surface area contributed by atoms with Crippen LogP contribution >= 0.6 is 0 Å². The Hall–Kier alpha value is -2.04. The normalized spacial score (nSPS) is 19.5. The second-order valence-electron chi connectivity index (χ2n) is 12.1. The van der Waals surface area contributed by atoms with Crippen LogP contribution in [0.4, 0.5) is 0 Å². The van der Waals surface area contributed by atoms with Crippen molar-refractivity contribution in [2.24, 2.45) is 0 Å². The minimum Gasteiger partial charge on any atom is -0.507 e. The number of aliphatic hydroxyl groups excluding tert-OH is 2. The molecular weight excluding hydrogens is 448 g/mol. The van der Waals surface area contributed by atoms with Gasteiger partial charge in [0.2, 0.25) is 0 Å². The fourth-order valence-electron chi connectivity index (χ4n) is 6.94. The molecule has 36 heavy (non-hydrogen) atoms. The molecule has 0 spiro atoms. The van der Waals surface area contributed by atoms with Crippen molar-refractivity contribution in [2.75, 3.05) is 13.2 Å². The average molecular weight is 495 g/mol. The maximum Gasteiger partial charge on any atom is 0.123 e. The van der Waals surface area contributed by atoms with E-state index in [0.717, 1.165) is 84.7 Å². The van der Waals surface area contributed by atoms with E-state index in [9.17, 15) is 20.4 Å². The summed E-state index contributed by atoms with van der Waals surface area (Å²) in [5, 5.41) is 42.8. The van der Waals surface area contributed by atoms with Crippen LogP contribution in [0.5, 0.6) is 11.5 Å². The maximum atomic E-state index is 11.7. The first-order valence-corrected chi connectivity index (χ1v) is 14.2. The average Bonchev–Trinajstić information content (AvgIpc) is 2.86. The van der Waals surface area contributed by atoms with Crippen LogP contribution in [0.1, 0.15) is 124 Å². The summed E-state index contributed by atoms with van der Waals surface area (Å²) in [6, 6.07) is 8.24. The molecule has 0 heterocycles. The van der Waals surface area contributed by atoms with Crippen LogP contribution < -0.4 is 0 Å². The van der Waals surface area contributed by atoms with Gasteiger partial charge in [0.15, 0.2) is 0 Å².